The van der Waals surface area contributed by atoms with Gasteiger partial charge < -0.3 is 24.6 Å². The van der Waals surface area contributed by atoms with Crippen LogP contribution in [0.3, 0.4) is 0 Å². The molecule has 10 nitrogen and oxygen atoms in total. The quantitative estimate of drug-likeness (QED) is 0.0233. The van der Waals surface area contributed by atoms with E-state index in [-0.39, 0.29) is 19.4 Å². The van der Waals surface area contributed by atoms with Gasteiger partial charge in [0.15, 0.2) is 6.10 Å². The number of phosphoric acid groups is 1. The van der Waals surface area contributed by atoms with Crippen LogP contribution in [-0.4, -0.2) is 65.7 Å². The van der Waals surface area contributed by atoms with Crippen molar-refractivity contribution in [3.05, 3.63) is 24.3 Å². The van der Waals surface area contributed by atoms with E-state index in [1.165, 1.54) is 141 Å². The summed E-state index contributed by atoms with van der Waals surface area (Å²) >= 11 is 0. The second-order valence-corrected chi connectivity index (χ2v) is 18.3. The van der Waals surface area contributed by atoms with Crippen molar-refractivity contribution in [3.63, 3.8) is 0 Å². The second kappa shape index (κ2) is 45.5. The number of phosphoric ester groups is 1. The summed E-state index contributed by atoms with van der Waals surface area (Å²) in [5.41, 5.74) is 0. The monoisotopic (exact) mass is 873 g/mol. The molecular formula is C49H93O10P. The number of rotatable bonds is 47. The molecule has 0 radical (unpaired) electrons. The molecular weight excluding hydrogens is 780 g/mol. The number of aliphatic hydroxyl groups is 2. The zero-order valence-electron chi connectivity index (χ0n) is 38.7. The number of ether oxygens (including phenoxy) is 2. The fourth-order valence-corrected chi connectivity index (χ4v) is 7.83. The average Bonchev–Trinajstić information content (AvgIpc) is 3.24. The van der Waals surface area contributed by atoms with Gasteiger partial charge in [-0.15, -0.1) is 0 Å². The summed E-state index contributed by atoms with van der Waals surface area (Å²) in [5, 5.41) is 18.4. The van der Waals surface area contributed by atoms with Crippen LogP contribution in [0.15, 0.2) is 24.3 Å². The second-order valence-electron chi connectivity index (χ2n) is 16.9. The summed E-state index contributed by atoms with van der Waals surface area (Å²) in [6.07, 6.45) is 47.2. The molecule has 0 aromatic rings. The van der Waals surface area contributed by atoms with Gasteiger partial charge in [0.2, 0.25) is 0 Å². The summed E-state index contributed by atoms with van der Waals surface area (Å²) in [7, 11) is -4.62. The molecule has 3 N–H and O–H groups in total. The van der Waals surface area contributed by atoms with Crippen LogP contribution in [0.25, 0.3) is 0 Å². The third kappa shape index (κ3) is 44.5. The standard InChI is InChI=1S/C49H93O10P/c1-3-5-7-9-11-13-15-17-19-20-21-22-23-24-25-27-28-30-32-34-36-38-40-48(52)56-44-47(45-58-60(54,55)57-43-46(51)42-50)59-49(53)41-39-37-35-33-31-29-26-18-16-14-12-10-8-6-4-2/h14,16,18,26,46-47,50-51H,3-13,15,17,19-25,27-45H2,1-2H3,(H,54,55)/b16-14+,26-18+/t46-,47-/m1/s1. The molecule has 0 amide bonds. The van der Waals surface area contributed by atoms with Crippen LogP contribution in [0.2, 0.25) is 0 Å². The lowest BCUT2D eigenvalue weighted by Crippen LogP contribution is -2.29. The van der Waals surface area contributed by atoms with E-state index in [2.05, 4.69) is 38.2 Å². The number of carbonyl (C=O) groups excluding carboxylic acids is 2. The van der Waals surface area contributed by atoms with E-state index < -0.39 is 51.8 Å². The van der Waals surface area contributed by atoms with Crippen LogP contribution >= 0.6 is 7.82 Å². The lowest BCUT2D eigenvalue weighted by molar-refractivity contribution is -0.161. The zero-order chi connectivity index (χ0) is 44.0. The molecule has 3 atom stereocenters. The Morgan fingerprint density at radius 2 is 0.850 bits per heavy atom. The van der Waals surface area contributed by atoms with Crippen molar-refractivity contribution in [2.24, 2.45) is 0 Å². The highest BCUT2D eigenvalue weighted by Gasteiger charge is 2.27. The predicted octanol–water partition coefficient (Wildman–Crippen LogP) is 13.7. The Hall–Kier alpha value is -1.55. The van der Waals surface area contributed by atoms with E-state index in [0.717, 1.165) is 57.8 Å². The number of aliphatic hydroxyl groups excluding tert-OH is 2. The van der Waals surface area contributed by atoms with Gasteiger partial charge in [-0.2, -0.15) is 0 Å². The lowest BCUT2D eigenvalue weighted by atomic mass is 10.0. The Kier molecular flexibility index (Phi) is 44.3. The molecule has 0 aromatic carbocycles. The van der Waals surface area contributed by atoms with Gasteiger partial charge in [0.25, 0.3) is 0 Å². The minimum atomic E-state index is -4.62. The van der Waals surface area contributed by atoms with Crippen molar-refractivity contribution in [1.82, 2.24) is 0 Å². The maximum Gasteiger partial charge on any atom is 0.472 e. The minimum Gasteiger partial charge on any atom is -0.462 e. The van der Waals surface area contributed by atoms with Crippen molar-refractivity contribution in [1.29, 1.82) is 0 Å². The van der Waals surface area contributed by atoms with E-state index in [4.69, 9.17) is 23.6 Å². The molecule has 0 aromatic heterocycles. The van der Waals surface area contributed by atoms with Gasteiger partial charge in [0.1, 0.15) is 12.7 Å². The lowest BCUT2D eigenvalue weighted by Gasteiger charge is -2.20. The number of carbonyl (C=O) groups is 2. The minimum absolute atomic E-state index is 0.169. The van der Waals surface area contributed by atoms with Gasteiger partial charge in [-0.25, -0.2) is 4.57 Å². The molecule has 1 unspecified atom stereocenters. The first-order valence-corrected chi connectivity index (χ1v) is 26.3. The third-order valence-electron chi connectivity index (χ3n) is 10.9. The van der Waals surface area contributed by atoms with Crippen molar-refractivity contribution < 1.29 is 47.8 Å². The molecule has 354 valence electrons. The van der Waals surface area contributed by atoms with Crippen LogP contribution in [0, 0.1) is 0 Å². The molecule has 0 rings (SSSR count). The van der Waals surface area contributed by atoms with Crippen LogP contribution in [0.5, 0.6) is 0 Å². The van der Waals surface area contributed by atoms with E-state index in [1.807, 2.05) is 0 Å². The highest BCUT2D eigenvalue weighted by molar-refractivity contribution is 7.47. The molecule has 0 heterocycles. The van der Waals surface area contributed by atoms with E-state index in [0.29, 0.717) is 12.8 Å². The van der Waals surface area contributed by atoms with Crippen LogP contribution < -0.4 is 0 Å². The molecule has 0 spiro atoms. The van der Waals surface area contributed by atoms with Crippen molar-refractivity contribution >= 4 is 19.8 Å². The highest BCUT2D eigenvalue weighted by Crippen LogP contribution is 2.43. The van der Waals surface area contributed by atoms with Gasteiger partial charge in [-0.3, -0.25) is 18.6 Å². The average molecular weight is 873 g/mol. The summed E-state index contributed by atoms with van der Waals surface area (Å²) in [5.74, 6) is -0.931. The van der Waals surface area contributed by atoms with Crippen LogP contribution in [-0.2, 0) is 32.7 Å². The Labute approximate surface area is 368 Å². The Bertz CT molecular complexity index is 1050. The van der Waals surface area contributed by atoms with E-state index in [9.17, 15) is 24.2 Å². The number of hydrogen-bond donors (Lipinski definition) is 3. The Balaban J connectivity index is 4.15. The first-order chi connectivity index (χ1) is 29.2. The SMILES string of the molecule is CCCCCC/C=C/C=C/CCCCCCCC(=O)O[C@H](COC(=O)CCCCCCCCCCCCCCCCCCCCCCCC)COP(=O)(O)OC[C@H](O)CO. The van der Waals surface area contributed by atoms with Crippen molar-refractivity contribution in [2.75, 3.05) is 26.4 Å². The Morgan fingerprint density at radius 1 is 0.500 bits per heavy atom. The number of hydrogen-bond acceptors (Lipinski definition) is 9. The molecule has 0 aliphatic carbocycles. The summed E-state index contributed by atoms with van der Waals surface area (Å²) < 4.78 is 32.8. The van der Waals surface area contributed by atoms with E-state index in [1.54, 1.807) is 0 Å². The molecule has 0 aliphatic heterocycles. The third-order valence-corrected chi connectivity index (χ3v) is 11.8. The van der Waals surface area contributed by atoms with Gasteiger partial charge in [0.05, 0.1) is 19.8 Å². The van der Waals surface area contributed by atoms with Gasteiger partial charge in [-0.05, 0) is 38.5 Å². The summed E-state index contributed by atoms with van der Waals surface area (Å²) in [6, 6.07) is 0. The van der Waals surface area contributed by atoms with Crippen LogP contribution in [0.1, 0.15) is 239 Å². The van der Waals surface area contributed by atoms with Gasteiger partial charge in [-0.1, -0.05) is 212 Å². The van der Waals surface area contributed by atoms with Gasteiger partial charge in [0, 0.05) is 12.8 Å². The zero-order valence-corrected chi connectivity index (χ0v) is 39.6. The summed E-state index contributed by atoms with van der Waals surface area (Å²) in [4.78, 5) is 35.1. The Morgan fingerprint density at radius 3 is 1.27 bits per heavy atom. The first-order valence-electron chi connectivity index (χ1n) is 24.8. The molecule has 60 heavy (non-hydrogen) atoms. The molecule has 0 saturated heterocycles. The number of esters is 2. The highest BCUT2D eigenvalue weighted by atomic mass is 31.2. The number of allylic oxidation sites excluding steroid dienone is 4. The predicted molar refractivity (Wildman–Crippen MR) is 247 cm³/mol. The normalized spacial score (nSPS) is 13.9. The topological polar surface area (TPSA) is 149 Å². The van der Waals surface area contributed by atoms with Crippen molar-refractivity contribution in [2.45, 2.75) is 251 Å². The largest absolute Gasteiger partial charge is 0.472 e. The molecule has 11 heteroatoms. The molecule has 0 bridgehead atoms. The molecule has 0 aliphatic rings. The van der Waals surface area contributed by atoms with Gasteiger partial charge >= 0.3 is 19.8 Å². The fourth-order valence-electron chi connectivity index (χ4n) is 7.05. The molecule has 0 fully saturated rings. The smallest absolute Gasteiger partial charge is 0.462 e. The van der Waals surface area contributed by atoms with E-state index >= 15 is 0 Å². The summed E-state index contributed by atoms with van der Waals surface area (Å²) in [6.45, 7) is 2.38. The van der Waals surface area contributed by atoms with Crippen LogP contribution in [0.4, 0.5) is 0 Å². The molecule has 0 saturated carbocycles. The number of unbranched alkanes of at least 4 members (excludes halogenated alkanes) is 30. The maximum absolute atomic E-state index is 12.6. The fraction of sp³-hybridized carbons (Fsp3) is 0.878. The van der Waals surface area contributed by atoms with Crippen molar-refractivity contribution in [3.8, 4) is 0 Å². The first kappa shape index (κ1) is 58.5. The maximum atomic E-state index is 12.6.